The Morgan fingerprint density at radius 3 is 2.71 bits per heavy atom. The Morgan fingerprint density at radius 1 is 1.41 bits per heavy atom. The van der Waals surface area contributed by atoms with Gasteiger partial charge in [-0.3, -0.25) is 0 Å². The van der Waals surface area contributed by atoms with Gasteiger partial charge in [-0.05, 0) is 48.0 Å². The van der Waals surface area contributed by atoms with Crippen LogP contribution < -0.4 is 5.32 Å². The Labute approximate surface area is 116 Å². The van der Waals surface area contributed by atoms with Gasteiger partial charge < -0.3 is 10.4 Å². The molecule has 0 amide bonds. The molecule has 0 saturated heterocycles. The van der Waals surface area contributed by atoms with E-state index in [1.165, 1.54) is 4.90 Å². The fraction of sp³-hybridized carbons (Fsp3) is 0.538. The van der Waals surface area contributed by atoms with E-state index in [0.717, 1.165) is 23.2 Å². The zero-order valence-electron chi connectivity index (χ0n) is 10.4. The molecular weight excluding hydrogens is 298 g/mol. The summed E-state index contributed by atoms with van der Waals surface area (Å²) in [6.07, 6.45) is 1.08. The van der Waals surface area contributed by atoms with E-state index in [1.807, 2.05) is 18.2 Å². The minimum Gasteiger partial charge on any atom is -0.394 e. The molecule has 0 aliphatic rings. The number of aliphatic hydroxyl groups is 1. The van der Waals surface area contributed by atoms with Gasteiger partial charge >= 0.3 is 0 Å². The maximum atomic E-state index is 9.47. The topological polar surface area (TPSA) is 32.3 Å². The van der Waals surface area contributed by atoms with Crippen LogP contribution in [-0.4, -0.2) is 29.5 Å². The predicted molar refractivity (Wildman–Crippen MR) is 78.7 cm³/mol. The van der Waals surface area contributed by atoms with Crippen molar-refractivity contribution in [3.05, 3.63) is 28.7 Å². The first-order valence-corrected chi connectivity index (χ1v) is 7.62. The van der Waals surface area contributed by atoms with Crippen LogP contribution in [0.3, 0.4) is 0 Å². The number of nitrogens with one attached hydrogen (secondary N) is 1. The molecule has 1 atom stereocenters. The Morgan fingerprint density at radius 2 is 2.12 bits per heavy atom. The molecule has 0 radical (unpaired) electrons. The van der Waals surface area contributed by atoms with E-state index in [4.69, 9.17) is 0 Å². The number of aliphatic hydroxyl groups excluding tert-OH is 1. The lowest BCUT2D eigenvalue weighted by Crippen LogP contribution is -2.48. The molecule has 0 heterocycles. The van der Waals surface area contributed by atoms with Crippen LogP contribution >= 0.6 is 27.7 Å². The molecule has 0 saturated carbocycles. The minimum absolute atomic E-state index is 0.157. The molecule has 0 spiro atoms. The third-order valence-electron chi connectivity index (χ3n) is 2.53. The molecule has 0 aromatic heterocycles. The van der Waals surface area contributed by atoms with E-state index in [2.05, 4.69) is 41.2 Å². The van der Waals surface area contributed by atoms with Crippen LogP contribution in [0.15, 0.2) is 33.6 Å². The second-order valence-electron chi connectivity index (χ2n) is 4.36. The highest BCUT2D eigenvalue weighted by Crippen LogP contribution is 2.29. The first-order chi connectivity index (χ1) is 8.11. The molecule has 1 unspecified atom stereocenters. The monoisotopic (exact) mass is 317 g/mol. The van der Waals surface area contributed by atoms with Crippen LogP contribution in [0, 0.1) is 0 Å². The van der Waals surface area contributed by atoms with Gasteiger partial charge in [0.15, 0.2) is 0 Å². The molecular formula is C13H20BrNOS. The van der Waals surface area contributed by atoms with Crippen molar-refractivity contribution in [2.24, 2.45) is 0 Å². The van der Waals surface area contributed by atoms with E-state index in [9.17, 15) is 5.11 Å². The minimum atomic E-state index is -0.212. The van der Waals surface area contributed by atoms with E-state index < -0.39 is 0 Å². The average molecular weight is 318 g/mol. The molecule has 0 fully saturated rings. The molecule has 4 heteroatoms. The summed E-state index contributed by atoms with van der Waals surface area (Å²) in [6, 6.07) is 8.17. The standard InChI is InChI=1S/C13H20BrNOS/c1-3-8-15-13(2,9-16)10-17-12-7-5-4-6-11(12)14/h4-7,15-16H,3,8-10H2,1-2H3. The van der Waals surface area contributed by atoms with Gasteiger partial charge in [0.25, 0.3) is 0 Å². The Hall–Kier alpha value is -0.0300. The molecule has 1 aromatic carbocycles. The maximum Gasteiger partial charge on any atom is 0.0618 e. The van der Waals surface area contributed by atoms with Crippen LogP contribution in [-0.2, 0) is 0 Å². The highest BCUT2D eigenvalue weighted by atomic mass is 79.9. The van der Waals surface area contributed by atoms with Crippen molar-refractivity contribution in [1.29, 1.82) is 0 Å². The summed E-state index contributed by atoms with van der Waals surface area (Å²) < 4.78 is 1.11. The van der Waals surface area contributed by atoms with Gasteiger partial charge in [0.1, 0.15) is 0 Å². The van der Waals surface area contributed by atoms with Crippen LogP contribution in [0.5, 0.6) is 0 Å². The summed E-state index contributed by atoms with van der Waals surface area (Å²) in [5.41, 5.74) is -0.212. The van der Waals surface area contributed by atoms with E-state index in [1.54, 1.807) is 11.8 Å². The van der Waals surface area contributed by atoms with Gasteiger partial charge in [-0.15, -0.1) is 11.8 Å². The third kappa shape index (κ3) is 5.00. The molecule has 2 N–H and O–H groups in total. The third-order valence-corrected chi connectivity index (χ3v) is 4.94. The Bertz CT molecular complexity index is 348. The summed E-state index contributed by atoms with van der Waals surface area (Å²) in [6.45, 7) is 5.29. The van der Waals surface area contributed by atoms with Crippen molar-refractivity contribution < 1.29 is 5.11 Å². The zero-order valence-corrected chi connectivity index (χ0v) is 12.8. The summed E-state index contributed by atoms with van der Waals surface area (Å²) >= 11 is 5.29. The molecule has 0 bridgehead atoms. The predicted octanol–water partition coefficient (Wildman–Crippen LogP) is 3.29. The van der Waals surface area contributed by atoms with Crippen LogP contribution in [0.4, 0.5) is 0 Å². The second kappa shape index (κ2) is 7.41. The summed E-state index contributed by atoms with van der Waals surface area (Å²) in [4.78, 5) is 1.21. The number of hydrogen-bond donors (Lipinski definition) is 2. The molecule has 1 aromatic rings. The van der Waals surface area contributed by atoms with E-state index in [-0.39, 0.29) is 12.1 Å². The van der Waals surface area contributed by atoms with Gasteiger partial charge in [0.05, 0.1) is 6.61 Å². The first kappa shape index (κ1) is 15.0. The molecule has 17 heavy (non-hydrogen) atoms. The van der Waals surface area contributed by atoms with Crippen molar-refractivity contribution in [2.45, 2.75) is 30.7 Å². The van der Waals surface area contributed by atoms with Crippen molar-refractivity contribution in [2.75, 3.05) is 18.9 Å². The Kier molecular flexibility index (Phi) is 6.55. The lowest BCUT2D eigenvalue weighted by atomic mass is 10.1. The second-order valence-corrected chi connectivity index (χ2v) is 6.24. The van der Waals surface area contributed by atoms with Crippen molar-refractivity contribution >= 4 is 27.7 Å². The van der Waals surface area contributed by atoms with Crippen molar-refractivity contribution in [1.82, 2.24) is 5.32 Å². The van der Waals surface area contributed by atoms with E-state index in [0.29, 0.717) is 0 Å². The Balaban J connectivity index is 2.55. The van der Waals surface area contributed by atoms with Gasteiger partial charge in [-0.1, -0.05) is 19.1 Å². The summed E-state index contributed by atoms with van der Waals surface area (Å²) in [7, 11) is 0. The van der Waals surface area contributed by atoms with Crippen molar-refractivity contribution in [3.63, 3.8) is 0 Å². The number of thioether (sulfide) groups is 1. The average Bonchev–Trinajstić information content (AvgIpc) is 2.35. The number of hydrogen-bond acceptors (Lipinski definition) is 3. The molecule has 0 aliphatic heterocycles. The first-order valence-electron chi connectivity index (χ1n) is 5.84. The fourth-order valence-electron chi connectivity index (χ4n) is 1.38. The highest BCUT2D eigenvalue weighted by molar-refractivity contribution is 9.10. The lowest BCUT2D eigenvalue weighted by molar-refractivity contribution is 0.192. The fourth-order valence-corrected chi connectivity index (χ4v) is 3.05. The van der Waals surface area contributed by atoms with Gasteiger partial charge in [0.2, 0.25) is 0 Å². The van der Waals surface area contributed by atoms with Gasteiger partial charge in [0, 0.05) is 20.7 Å². The van der Waals surface area contributed by atoms with Gasteiger partial charge in [-0.25, -0.2) is 0 Å². The van der Waals surface area contributed by atoms with Crippen LogP contribution in [0.1, 0.15) is 20.3 Å². The molecule has 1 rings (SSSR count). The van der Waals surface area contributed by atoms with Crippen LogP contribution in [0.25, 0.3) is 0 Å². The van der Waals surface area contributed by atoms with Crippen LogP contribution in [0.2, 0.25) is 0 Å². The summed E-state index contributed by atoms with van der Waals surface area (Å²) in [5, 5.41) is 12.9. The smallest absolute Gasteiger partial charge is 0.0618 e. The van der Waals surface area contributed by atoms with Crippen molar-refractivity contribution in [3.8, 4) is 0 Å². The van der Waals surface area contributed by atoms with Gasteiger partial charge in [-0.2, -0.15) is 0 Å². The number of halogens is 1. The number of benzene rings is 1. The largest absolute Gasteiger partial charge is 0.394 e. The lowest BCUT2D eigenvalue weighted by Gasteiger charge is -2.28. The quantitative estimate of drug-likeness (QED) is 0.757. The zero-order chi connectivity index (χ0) is 12.7. The molecule has 0 aliphatic carbocycles. The van der Waals surface area contributed by atoms with E-state index >= 15 is 0 Å². The maximum absolute atomic E-state index is 9.47. The highest BCUT2D eigenvalue weighted by Gasteiger charge is 2.22. The number of rotatable bonds is 7. The SMILES string of the molecule is CCCNC(C)(CO)CSc1ccccc1Br. The summed E-state index contributed by atoms with van der Waals surface area (Å²) in [5.74, 6) is 0.853. The molecule has 2 nitrogen and oxygen atoms in total. The normalized spacial score (nSPS) is 14.6. The molecule has 96 valence electrons.